The van der Waals surface area contributed by atoms with E-state index >= 15 is 0 Å². The quantitative estimate of drug-likeness (QED) is 0.906. The lowest BCUT2D eigenvalue weighted by Crippen LogP contribution is -2.44. The molecule has 2 saturated heterocycles. The van der Waals surface area contributed by atoms with E-state index in [9.17, 15) is 4.79 Å². The number of carbonyl (C=O) groups excluding carboxylic acids is 1. The minimum atomic E-state index is 0.128. The van der Waals surface area contributed by atoms with E-state index in [0.29, 0.717) is 6.54 Å². The van der Waals surface area contributed by atoms with Crippen molar-refractivity contribution < 1.29 is 4.79 Å². The molecule has 0 bridgehead atoms. The minimum absolute atomic E-state index is 0.128. The van der Waals surface area contributed by atoms with Crippen molar-refractivity contribution in [3.8, 4) is 0 Å². The van der Waals surface area contributed by atoms with E-state index in [0.717, 1.165) is 43.7 Å². The van der Waals surface area contributed by atoms with Gasteiger partial charge in [0, 0.05) is 31.0 Å². The highest BCUT2D eigenvalue weighted by molar-refractivity contribution is 5.92. The molecule has 2 atom stereocenters. The predicted octanol–water partition coefficient (Wildman–Crippen LogP) is 3.74. The standard InChI is InChI=1S/C21H31N3O/c25-21(16-23-14-11-17-5-1-2-6-18(17)15-23)22-19-7-9-20(10-8-19)24-12-3-4-13-24/h7-10,17-18H,1-6,11-16H2,(H,22,25)/t17-,18-/m1/s1. The topological polar surface area (TPSA) is 35.6 Å². The SMILES string of the molecule is O=C(CN1CC[C@H]2CCCC[C@@H]2C1)Nc1ccc(N2CCCC2)cc1. The van der Waals surface area contributed by atoms with Gasteiger partial charge in [0.2, 0.25) is 5.91 Å². The zero-order valence-corrected chi connectivity index (χ0v) is 15.3. The van der Waals surface area contributed by atoms with E-state index in [1.54, 1.807) is 0 Å². The summed E-state index contributed by atoms with van der Waals surface area (Å²) in [6, 6.07) is 8.35. The fourth-order valence-corrected chi connectivity index (χ4v) is 4.95. The van der Waals surface area contributed by atoms with Crippen LogP contribution in [0, 0.1) is 11.8 Å². The minimum Gasteiger partial charge on any atom is -0.372 e. The van der Waals surface area contributed by atoms with Gasteiger partial charge in [0.05, 0.1) is 6.54 Å². The van der Waals surface area contributed by atoms with Crippen LogP contribution in [-0.2, 0) is 4.79 Å². The maximum atomic E-state index is 12.4. The van der Waals surface area contributed by atoms with Gasteiger partial charge in [-0.1, -0.05) is 19.3 Å². The van der Waals surface area contributed by atoms with Gasteiger partial charge >= 0.3 is 0 Å². The Morgan fingerprint density at radius 2 is 1.64 bits per heavy atom. The second-order valence-electron chi connectivity index (χ2n) is 8.12. The first kappa shape index (κ1) is 16.9. The van der Waals surface area contributed by atoms with Gasteiger partial charge in [-0.15, -0.1) is 0 Å². The summed E-state index contributed by atoms with van der Waals surface area (Å²) in [5, 5.41) is 3.08. The normalized spacial score (nSPS) is 27.1. The molecule has 25 heavy (non-hydrogen) atoms. The van der Waals surface area contributed by atoms with Gasteiger partial charge in [0.1, 0.15) is 0 Å². The van der Waals surface area contributed by atoms with Crippen LogP contribution in [0.3, 0.4) is 0 Å². The molecule has 0 unspecified atom stereocenters. The van der Waals surface area contributed by atoms with Gasteiger partial charge in [0.15, 0.2) is 0 Å². The van der Waals surface area contributed by atoms with Crippen LogP contribution in [0.5, 0.6) is 0 Å². The van der Waals surface area contributed by atoms with Gasteiger partial charge in [-0.25, -0.2) is 0 Å². The number of fused-ring (bicyclic) bond motifs is 1. The van der Waals surface area contributed by atoms with Crippen molar-refractivity contribution in [3.63, 3.8) is 0 Å². The van der Waals surface area contributed by atoms with E-state index < -0.39 is 0 Å². The van der Waals surface area contributed by atoms with Crippen molar-refractivity contribution in [1.29, 1.82) is 0 Å². The predicted molar refractivity (Wildman–Crippen MR) is 103 cm³/mol. The monoisotopic (exact) mass is 341 g/mol. The van der Waals surface area contributed by atoms with E-state index in [1.807, 2.05) is 12.1 Å². The number of amides is 1. The van der Waals surface area contributed by atoms with Crippen LogP contribution in [0.25, 0.3) is 0 Å². The van der Waals surface area contributed by atoms with Gasteiger partial charge < -0.3 is 10.2 Å². The Labute approximate surface area is 151 Å². The lowest BCUT2D eigenvalue weighted by atomic mass is 9.75. The van der Waals surface area contributed by atoms with Crippen LogP contribution in [0.15, 0.2) is 24.3 Å². The fraction of sp³-hybridized carbons (Fsp3) is 0.667. The van der Waals surface area contributed by atoms with E-state index in [1.165, 1.54) is 50.6 Å². The van der Waals surface area contributed by atoms with Crippen molar-refractivity contribution in [2.75, 3.05) is 42.9 Å². The Morgan fingerprint density at radius 1 is 0.920 bits per heavy atom. The molecule has 1 N–H and O–H groups in total. The molecule has 4 rings (SSSR count). The van der Waals surface area contributed by atoms with Crippen LogP contribution in [-0.4, -0.2) is 43.5 Å². The number of rotatable bonds is 4. The van der Waals surface area contributed by atoms with E-state index in [-0.39, 0.29) is 5.91 Å². The smallest absolute Gasteiger partial charge is 0.238 e. The van der Waals surface area contributed by atoms with Crippen molar-refractivity contribution in [1.82, 2.24) is 4.90 Å². The van der Waals surface area contributed by atoms with Gasteiger partial charge in [0.25, 0.3) is 0 Å². The second kappa shape index (κ2) is 7.77. The molecule has 2 aliphatic heterocycles. The van der Waals surface area contributed by atoms with Crippen LogP contribution < -0.4 is 10.2 Å². The van der Waals surface area contributed by atoms with Crippen molar-refractivity contribution in [2.24, 2.45) is 11.8 Å². The number of carbonyl (C=O) groups is 1. The zero-order chi connectivity index (χ0) is 17.1. The van der Waals surface area contributed by atoms with Crippen LogP contribution >= 0.6 is 0 Å². The fourth-order valence-electron chi connectivity index (χ4n) is 4.95. The molecule has 0 aromatic heterocycles. The molecule has 4 nitrogen and oxygen atoms in total. The van der Waals surface area contributed by atoms with Crippen molar-refractivity contribution >= 4 is 17.3 Å². The first-order chi connectivity index (χ1) is 12.3. The summed E-state index contributed by atoms with van der Waals surface area (Å²) >= 11 is 0. The third-order valence-corrected chi connectivity index (χ3v) is 6.36. The Hall–Kier alpha value is -1.55. The summed E-state index contributed by atoms with van der Waals surface area (Å²) in [6.07, 6.45) is 9.42. The third-order valence-electron chi connectivity index (χ3n) is 6.36. The number of nitrogens with one attached hydrogen (secondary N) is 1. The molecular formula is C21H31N3O. The Morgan fingerprint density at radius 3 is 2.40 bits per heavy atom. The molecule has 0 spiro atoms. The summed E-state index contributed by atoms with van der Waals surface area (Å²) in [5.41, 5.74) is 2.19. The molecule has 1 aliphatic carbocycles. The summed E-state index contributed by atoms with van der Waals surface area (Å²) in [5.74, 6) is 1.88. The molecule has 4 heteroatoms. The van der Waals surface area contributed by atoms with Crippen LogP contribution in [0.4, 0.5) is 11.4 Å². The number of anilines is 2. The van der Waals surface area contributed by atoms with Crippen LogP contribution in [0.2, 0.25) is 0 Å². The number of nitrogens with zero attached hydrogens (tertiary/aromatic N) is 2. The highest BCUT2D eigenvalue weighted by Gasteiger charge is 2.31. The highest BCUT2D eigenvalue weighted by atomic mass is 16.2. The molecule has 3 aliphatic rings. The maximum absolute atomic E-state index is 12.4. The average Bonchev–Trinajstić information content (AvgIpc) is 3.17. The summed E-state index contributed by atoms with van der Waals surface area (Å²) < 4.78 is 0. The lowest BCUT2D eigenvalue weighted by molar-refractivity contribution is -0.118. The molecule has 136 valence electrons. The Bertz CT molecular complexity index is 579. The molecular weight excluding hydrogens is 310 g/mol. The summed E-state index contributed by atoms with van der Waals surface area (Å²) in [6.45, 7) is 5.05. The Balaban J connectivity index is 1.27. The van der Waals surface area contributed by atoms with Crippen molar-refractivity contribution in [3.05, 3.63) is 24.3 Å². The van der Waals surface area contributed by atoms with Crippen LogP contribution in [0.1, 0.15) is 44.9 Å². The van der Waals surface area contributed by atoms with Crippen molar-refractivity contribution in [2.45, 2.75) is 44.9 Å². The summed E-state index contributed by atoms with van der Waals surface area (Å²) in [7, 11) is 0. The molecule has 1 aromatic rings. The molecule has 0 radical (unpaired) electrons. The largest absolute Gasteiger partial charge is 0.372 e. The van der Waals surface area contributed by atoms with Gasteiger partial charge in [-0.05, 0) is 68.3 Å². The third kappa shape index (κ3) is 4.17. The second-order valence-corrected chi connectivity index (χ2v) is 8.12. The van der Waals surface area contributed by atoms with E-state index in [4.69, 9.17) is 0 Å². The molecule has 1 aromatic carbocycles. The van der Waals surface area contributed by atoms with Gasteiger partial charge in [-0.3, -0.25) is 9.69 Å². The van der Waals surface area contributed by atoms with Gasteiger partial charge in [-0.2, -0.15) is 0 Å². The summed E-state index contributed by atoms with van der Waals surface area (Å²) in [4.78, 5) is 17.2. The lowest BCUT2D eigenvalue weighted by Gasteiger charge is -2.41. The molecule has 2 heterocycles. The highest BCUT2D eigenvalue weighted by Crippen LogP contribution is 2.35. The number of likely N-dealkylation sites (tertiary alicyclic amines) is 1. The molecule has 3 fully saturated rings. The Kier molecular flexibility index (Phi) is 5.25. The first-order valence-corrected chi connectivity index (χ1v) is 10.2. The number of benzene rings is 1. The number of hydrogen-bond donors (Lipinski definition) is 1. The number of hydrogen-bond acceptors (Lipinski definition) is 3. The molecule has 1 amide bonds. The average molecular weight is 341 g/mol. The molecule has 1 saturated carbocycles. The number of piperidine rings is 1. The van der Waals surface area contributed by atoms with E-state index in [2.05, 4.69) is 27.2 Å². The maximum Gasteiger partial charge on any atom is 0.238 e. The first-order valence-electron chi connectivity index (χ1n) is 10.2. The zero-order valence-electron chi connectivity index (χ0n) is 15.3.